The number of nitro groups is 1. The summed E-state index contributed by atoms with van der Waals surface area (Å²) in [5, 5.41) is 13.8. The lowest BCUT2D eigenvalue weighted by Gasteiger charge is -2.11. The quantitative estimate of drug-likeness (QED) is 0.647. The molecule has 0 saturated heterocycles. The van der Waals surface area contributed by atoms with Gasteiger partial charge in [0, 0.05) is 18.7 Å². The van der Waals surface area contributed by atoms with Gasteiger partial charge in [-0.05, 0) is 34.1 Å². The van der Waals surface area contributed by atoms with E-state index in [2.05, 4.69) is 21.2 Å². The molecule has 7 heteroatoms. The van der Waals surface area contributed by atoms with Crippen LogP contribution in [0.2, 0.25) is 0 Å². The highest BCUT2D eigenvalue weighted by Gasteiger charge is 2.16. The second-order valence-electron chi connectivity index (χ2n) is 4.18. The summed E-state index contributed by atoms with van der Waals surface area (Å²) in [5.74, 6) is 0.0884. The molecule has 110 valence electrons. The number of rotatable bonds is 5. The minimum Gasteiger partial charge on any atom is -0.489 e. The van der Waals surface area contributed by atoms with E-state index in [1.165, 1.54) is 24.3 Å². The number of hydrogen-bond acceptors (Lipinski definition) is 4. The molecule has 0 unspecified atom stereocenters. The molecule has 0 atom stereocenters. The Labute approximate surface area is 129 Å². The van der Waals surface area contributed by atoms with E-state index >= 15 is 0 Å². The predicted octanol–water partition coefficient (Wildman–Crippen LogP) is 4.12. The van der Waals surface area contributed by atoms with E-state index in [9.17, 15) is 14.5 Å². The van der Waals surface area contributed by atoms with Gasteiger partial charge in [-0.3, -0.25) is 10.1 Å². The molecule has 0 fully saturated rings. The number of nitro benzene ring substituents is 1. The van der Waals surface area contributed by atoms with E-state index in [-0.39, 0.29) is 18.1 Å². The summed E-state index contributed by atoms with van der Waals surface area (Å²) in [6, 6.07) is 9.04. The van der Waals surface area contributed by atoms with E-state index in [1.54, 1.807) is 19.2 Å². The van der Waals surface area contributed by atoms with Crippen molar-refractivity contribution < 1.29 is 14.1 Å². The Bertz CT molecular complexity index is 679. The van der Waals surface area contributed by atoms with E-state index in [1.807, 2.05) is 0 Å². The van der Waals surface area contributed by atoms with Crippen LogP contribution in [0.1, 0.15) is 5.56 Å². The molecule has 0 aliphatic heterocycles. The van der Waals surface area contributed by atoms with Crippen molar-refractivity contribution in [3.05, 3.63) is 62.4 Å². The molecule has 0 bridgehead atoms. The van der Waals surface area contributed by atoms with E-state index < -0.39 is 4.92 Å². The SMILES string of the molecule is CNc1c(COc2ccc(F)c(Br)c2)cccc1[N+](=O)[O-]. The summed E-state index contributed by atoms with van der Waals surface area (Å²) in [6.07, 6.45) is 0. The van der Waals surface area contributed by atoms with Crippen LogP contribution in [0.4, 0.5) is 15.8 Å². The molecule has 0 aromatic heterocycles. The maximum atomic E-state index is 13.1. The van der Waals surface area contributed by atoms with E-state index in [4.69, 9.17) is 4.74 Å². The third-order valence-electron chi connectivity index (χ3n) is 2.86. The summed E-state index contributed by atoms with van der Waals surface area (Å²) in [5.41, 5.74) is 1.04. The van der Waals surface area contributed by atoms with Gasteiger partial charge in [-0.2, -0.15) is 0 Å². The summed E-state index contributed by atoms with van der Waals surface area (Å²) in [6.45, 7) is 0.135. The van der Waals surface area contributed by atoms with Crippen LogP contribution in [-0.4, -0.2) is 12.0 Å². The lowest BCUT2D eigenvalue weighted by atomic mass is 10.1. The predicted molar refractivity (Wildman–Crippen MR) is 81.1 cm³/mol. The van der Waals surface area contributed by atoms with Crippen LogP contribution < -0.4 is 10.1 Å². The third-order valence-corrected chi connectivity index (χ3v) is 3.47. The zero-order chi connectivity index (χ0) is 15.4. The monoisotopic (exact) mass is 354 g/mol. The van der Waals surface area contributed by atoms with Crippen LogP contribution in [0.25, 0.3) is 0 Å². The molecule has 0 amide bonds. The van der Waals surface area contributed by atoms with Crippen molar-refractivity contribution in [2.75, 3.05) is 12.4 Å². The Hall–Kier alpha value is -2.15. The summed E-state index contributed by atoms with van der Waals surface area (Å²) >= 11 is 3.07. The third kappa shape index (κ3) is 3.49. The number of halogens is 2. The second kappa shape index (κ2) is 6.53. The Kier molecular flexibility index (Phi) is 4.74. The van der Waals surface area contributed by atoms with Crippen LogP contribution in [-0.2, 0) is 6.61 Å². The summed E-state index contributed by atoms with van der Waals surface area (Å²) < 4.78 is 19.0. The number of ether oxygens (including phenoxy) is 1. The van der Waals surface area contributed by atoms with Gasteiger partial charge in [0.05, 0.1) is 9.40 Å². The van der Waals surface area contributed by atoms with Gasteiger partial charge in [-0.1, -0.05) is 12.1 Å². The minimum absolute atomic E-state index is 0.0149. The highest BCUT2D eigenvalue weighted by Crippen LogP contribution is 2.29. The normalized spacial score (nSPS) is 10.2. The number of nitrogens with zero attached hydrogens (tertiary/aromatic N) is 1. The average molecular weight is 355 g/mol. The maximum Gasteiger partial charge on any atom is 0.292 e. The van der Waals surface area contributed by atoms with Crippen molar-refractivity contribution in [1.82, 2.24) is 0 Å². The summed E-state index contributed by atoms with van der Waals surface area (Å²) in [7, 11) is 1.61. The average Bonchev–Trinajstić information content (AvgIpc) is 2.47. The largest absolute Gasteiger partial charge is 0.489 e. The van der Waals surface area contributed by atoms with Crippen LogP contribution in [0, 0.1) is 15.9 Å². The molecular weight excluding hydrogens is 343 g/mol. The number of anilines is 1. The highest BCUT2D eigenvalue weighted by atomic mass is 79.9. The fourth-order valence-electron chi connectivity index (χ4n) is 1.88. The molecule has 2 aromatic rings. The van der Waals surface area contributed by atoms with Crippen LogP contribution in [0.5, 0.6) is 5.75 Å². The molecule has 5 nitrogen and oxygen atoms in total. The zero-order valence-electron chi connectivity index (χ0n) is 11.1. The lowest BCUT2D eigenvalue weighted by molar-refractivity contribution is -0.384. The van der Waals surface area contributed by atoms with Crippen molar-refractivity contribution in [2.24, 2.45) is 0 Å². The van der Waals surface area contributed by atoms with Crippen molar-refractivity contribution in [2.45, 2.75) is 6.61 Å². The van der Waals surface area contributed by atoms with Crippen LogP contribution in [0.15, 0.2) is 40.9 Å². The molecule has 0 heterocycles. The molecular formula is C14H12BrFN2O3. The van der Waals surface area contributed by atoms with Crippen LogP contribution >= 0.6 is 15.9 Å². The molecule has 21 heavy (non-hydrogen) atoms. The number of hydrogen-bond donors (Lipinski definition) is 1. The molecule has 2 rings (SSSR count). The van der Waals surface area contributed by atoms with Crippen molar-refractivity contribution in [3.8, 4) is 5.75 Å². The molecule has 0 spiro atoms. The van der Waals surface area contributed by atoms with E-state index in [0.717, 1.165) is 0 Å². The van der Waals surface area contributed by atoms with Gasteiger partial charge < -0.3 is 10.1 Å². The Morgan fingerprint density at radius 2 is 2.14 bits per heavy atom. The smallest absolute Gasteiger partial charge is 0.292 e. The number of para-hydroxylation sites is 1. The topological polar surface area (TPSA) is 64.4 Å². The van der Waals surface area contributed by atoms with Gasteiger partial charge in [-0.25, -0.2) is 4.39 Å². The van der Waals surface area contributed by atoms with Gasteiger partial charge in [0.25, 0.3) is 5.69 Å². The zero-order valence-corrected chi connectivity index (χ0v) is 12.7. The molecule has 2 aromatic carbocycles. The van der Waals surface area contributed by atoms with Gasteiger partial charge in [0.2, 0.25) is 0 Å². The van der Waals surface area contributed by atoms with Gasteiger partial charge in [0.15, 0.2) is 0 Å². The highest BCUT2D eigenvalue weighted by molar-refractivity contribution is 9.10. The first kappa shape index (κ1) is 15.2. The van der Waals surface area contributed by atoms with Gasteiger partial charge in [0.1, 0.15) is 23.9 Å². The fraction of sp³-hybridized carbons (Fsp3) is 0.143. The second-order valence-corrected chi connectivity index (χ2v) is 5.04. The maximum absolute atomic E-state index is 13.1. The minimum atomic E-state index is -0.455. The standard InChI is InChI=1S/C14H12BrFN2O3/c1-17-14-9(3-2-4-13(14)18(19)20)8-21-10-5-6-12(16)11(15)7-10/h2-7,17H,8H2,1H3. The first-order valence-electron chi connectivity index (χ1n) is 6.05. The fourth-order valence-corrected chi connectivity index (χ4v) is 2.23. The molecule has 0 saturated carbocycles. The van der Waals surface area contributed by atoms with Crippen molar-refractivity contribution in [1.29, 1.82) is 0 Å². The molecule has 0 radical (unpaired) electrons. The summed E-state index contributed by atoms with van der Waals surface area (Å²) in [4.78, 5) is 10.5. The van der Waals surface area contributed by atoms with Crippen molar-refractivity contribution >= 4 is 27.3 Å². The molecule has 0 aliphatic carbocycles. The number of nitrogens with one attached hydrogen (secondary N) is 1. The van der Waals surface area contributed by atoms with Gasteiger partial charge in [-0.15, -0.1) is 0 Å². The molecule has 0 aliphatic rings. The first-order chi connectivity index (χ1) is 10.0. The Morgan fingerprint density at radius 1 is 1.38 bits per heavy atom. The van der Waals surface area contributed by atoms with Crippen molar-refractivity contribution in [3.63, 3.8) is 0 Å². The first-order valence-corrected chi connectivity index (χ1v) is 6.84. The van der Waals surface area contributed by atoms with E-state index in [0.29, 0.717) is 21.5 Å². The molecule has 1 N–H and O–H groups in total. The van der Waals surface area contributed by atoms with Crippen LogP contribution in [0.3, 0.4) is 0 Å². The van der Waals surface area contributed by atoms with Gasteiger partial charge >= 0.3 is 0 Å². The lowest BCUT2D eigenvalue weighted by Crippen LogP contribution is -2.04. The Balaban J connectivity index is 2.21. The number of benzene rings is 2. The Morgan fingerprint density at radius 3 is 2.76 bits per heavy atom.